The summed E-state index contributed by atoms with van der Waals surface area (Å²) in [7, 11) is -0.469. The van der Waals surface area contributed by atoms with Crippen molar-refractivity contribution in [2.45, 2.75) is 247 Å². The lowest BCUT2D eigenvalue weighted by Gasteiger charge is -2.33. The second-order valence-corrected chi connectivity index (χ2v) is 45.4. The van der Waals surface area contributed by atoms with Crippen molar-refractivity contribution >= 4 is 119 Å². The smallest absolute Gasteiger partial charge is 0.251 e. The number of likely N-dealkylation sites (N-methyl/N-ethyl adjacent to an activating group) is 1. The summed E-state index contributed by atoms with van der Waals surface area (Å²) in [6.45, 7) is 17.2. The van der Waals surface area contributed by atoms with Crippen LogP contribution in [-0.4, -0.2) is 251 Å². The van der Waals surface area contributed by atoms with Crippen molar-refractivity contribution in [3.8, 4) is 0 Å². The van der Waals surface area contributed by atoms with E-state index in [4.69, 9.17) is 64.3 Å². The van der Waals surface area contributed by atoms with E-state index in [0.29, 0.717) is 82.9 Å². The molecule has 758 valence electrons. The van der Waals surface area contributed by atoms with E-state index in [9.17, 15) is 31.5 Å². The Hall–Kier alpha value is -10.8. The number of nitrogens with zero attached hydrogens (tertiary/aromatic N) is 18. The Labute approximate surface area is 845 Å². The first-order valence-electron chi connectivity index (χ1n) is 49.9. The second-order valence-electron chi connectivity index (χ2n) is 39.4. The van der Waals surface area contributed by atoms with Crippen molar-refractivity contribution in [1.29, 1.82) is 0 Å². The molecule has 36 heteroatoms. The van der Waals surface area contributed by atoms with Crippen LogP contribution in [0.2, 0.25) is 0 Å². The van der Waals surface area contributed by atoms with Crippen LogP contribution in [-0.2, 0) is 110 Å². The number of piperidine rings is 5. The molecule has 5 unspecified atom stereocenters. The molecule has 4 aromatic carbocycles. The minimum Gasteiger partial charge on any atom is -0.394 e. The quantitative estimate of drug-likeness (QED) is 0.0413. The topological polar surface area (TPSA) is 375 Å². The number of aliphatic imine (C=N–C) groups is 3. The molecular weight excluding hydrogens is 1870 g/mol. The number of ether oxygens (including phenoxy) is 2. The number of hydrogen-bond donors (Lipinski definition) is 6. The highest BCUT2D eigenvalue weighted by Gasteiger charge is 2.45. The van der Waals surface area contributed by atoms with E-state index in [1.165, 1.54) is 56.1 Å². The largest absolute Gasteiger partial charge is 0.394 e. The molecule has 32 nitrogen and oxygen atoms in total. The lowest BCUT2D eigenvalue weighted by molar-refractivity contribution is -0.132. The molecule has 6 N–H and O–H groups in total. The number of carbonyl (C=O) groups excluding carboxylic acids is 2. The average molecular weight is 2010 g/mol. The van der Waals surface area contributed by atoms with Crippen LogP contribution in [0.1, 0.15) is 235 Å². The van der Waals surface area contributed by atoms with Crippen LogP contribution in [0.15, 0.2) is 138 Å². The Balaban J connectivity index is 0.000000130. The van der Waals surface area contributed by atoms with Crippen molar-refractivity contribution in [2.75, 3.05) is 163 Å². The molecule has 0 radical (unpaired) electrons. The summed E-state index contributed by atoms with van der Waals surface area (Å²) < 4.78 is 63.4. The maximum absolute atomic E-state index is 12.9. The Bertz CT molecular complexity index is 6270. The number of amides is 2. The highest BCUT2D eigenvalue weighted by atomic mass is 32.2. The van der Waals surface area contributed by atoms with Gasteiger partial charge in [-0.05, 0) is 150 Å². The molecular formula is C106H141N23O9S4. The summed E-state index contributed by atoms with van der Waals surface area (Å²) >= 11 is 0. The van der Waals surface area contributed by atoms with Crippen LogP contribution < -0.4 is 46.2 Å². The van der Waals surface area contributed by atoms with Gasteiger partial charge in [0, 0.05) is 242 Å². The number of nitrogens with one attached hydrogen (secondary N) is 5. The molecule has 19 heterocycles. The number of hydrogen-bond acceptors (Lipinski definition) is 29. The number of fused-ring (bicyclic) bond motifs is 7. The molecule has 0 spiro atoms. The number of aryl methyl sites for hydroxylation is 6. The predicted molar refractivity (Wildman–Crippen MR) is 566 cm³/mol. The Morgan fingerprint density at radius 3 is 1.15 bits per heavy atom. The molecule has 1 aliphatic carbocycles. The fraction of sp³-hybridized carbons (Fsp3) is 0.547. The SMILES string of the molecule is C.C.C.C.CN1C[C@@H](Nc2nc(N3CCC(C4=NCc5ccccc54)CC3)nc3c2S(=O)CC3)CCC1=O.Cc1nn(C)cc1C(C)NC(=O)c1ccc(C2CCN(c3nc4c(c(NC5CCOCC5)n3)S(=O)CC4)CC2)cc1.O=S1CCc2nc(N3CCC(C4=NCc5ccccc54)CC3)nc(NC3(CO)CC3)c21.O=S1CCc2nc(N3CCC(C4=NCc5ccccc54)CC3)nc(NC3CCOCC3)c21. The Kier molecular flexibility index (Phi) is 32.7. The lowest BCUT2D eigenvalue weighted by Crippen LogP contribution is -2.43. The molecule has 8 fully saturated rings. The molecule has 0 bridgehead atoms. The summed E-state index contributed by atoms with van der Waals surface area (Å²) in [6, 6.07) is 34.4. The molecule has 24 rings (SSSR count). The van der Waals surface area contributed by atoms with Gasteiger partial charge in [0.25, 0.3) is 5.91 Å². The number of likely N-dealkylation sites (tertiary alicyclic amines) is 1. The van der Waals surface area contributed by atoms with Gasteiger partial charge in [-0.2, -0.15) is 25.0 Å². The number of aromatic nitrogens is 10. The zero-order valence-electron chi connectivity index (χ0n) is 79.3. The first kappa shape index (κ1) is 103. The molecule has 2 amide bonds. The first-order chi connectivity index (χ1) is 67.3. The van der Waals surface area contributed by atoms with Gasteiger partial charge in [-0.3, -0.25) is 46.1 Å². The minimum absolute atomic E-state index is 0. The van der Waals surface area contributed by atoms with Crippen molar-refractivity contribution in [1.82, 2.24) is 59.9 Å². The van der Waals surface area contributed by atoms with Crippen molar-refractivity contribution in [3.05, 3.63) is 182 Å². The van der Waals surface area contributed by atoms with Crippen LogP contribution in [0.4, 0.5) is 47.1 Å². The molecule has 14 aliphatic heterocycles. The highest BCUT2D eigenvalue weighted by molar-refractivity contribution is 7.86. The maximum atomic E-state index is 12.9. The monoisotopic (exact) mass is 2010 g/mol. The van der Waals surface area contributed by atoms with Crippen LogP contribution in [0.3, 0.4) is 0 Å². The van der Waals surface area contributed by atoms with Crippen LogP contribution in [0.5, 0.6) is 0 Å². The number of carbonyl (C=O) groups is 2. The normalized spacial score (nSPS) is 22.4. The average Bonchev–Trinajstić information content (AvgIpc) is 1.61. The summed E-state index contributed by atoms with van der Waals surface area (Å²) in [6.07, 6.45) is 20.0. The summed E-state index contributed by atoms with van der Waals surface area (Å²) in [5.41, 5.74) is 19.1. The van der Waals surface area contributed by atoms with Gasteiger partial charge in [0.15, 0.2) is 0 Å². The lowest BCUT2D eigenvalue weighted by atomic mass is 9.88. The van der Waals surface area contributed by atoms with Crippen molar-refractivity contribution in [2.24, 2.45) is 39.8 Å². The zero-order valence-corrected chi connectivity index (χ0v) is 82.6. The van der Waals surface area contributed by atoms with E-state index in [2.05, 4.69) is 136 Å². The van der Waals surface area contributed by atoms with Gasteiger partial charge in [0.1, 0.15) is 42.9 Å². The number of rotatable bonds is 20. The molecule has 5 aromatic heterocycles. The number of benzene rings is 4. The molecule has 15 aliphatic rings. The van der Waals surface area contributed by atoms with Gasteiger partial charge in [0.2, 0.25) is 29.7 Å². The van der Waals surface area contributed by atoms with Gasteiger partial charge in [-0.25, -0.2) is 19.9 Å². The van der Waals surface area contributed by atoms with E-state index >= 15 is 0 Å². The van der Waals surface area contributed by atoms with Crippen molar-refractivity contribution < 1.29 is 41.0 Å². The van der Waals surface area contributed by atoms with Crippen LogP contribution in [0, 0.1) is 24.7 Å². The second kappa shape index (κ2) is 45.3. The third-order valence-corrected chi connectivity index (χ3v) is 36.1. The number of anilines is 8. The van der Waals surface area contributed by atoms with Gasteiger partial charge in [-0.1, -0.05) is 115 Å². The van der Waals surface area contributed by atoms with Crippen LogP contribution >= 0.6 is 0 Å². The molecule has 9 aromatic rings. The minimum atomic E-state index is -1.07. The fourth-order valence-corrected chi connectivity index (χ4v) is 27.4. The van der Waals surface area contributed by atoms with Crippen molar-refractivity contribution in [3.63, 3.8) is 0 Å². The Morgan fingerprint density at radius 1 is 0.451 bits per heavy atom. The highest BCUT2D eigenvalue weighted by Crippen LogP contribution is 2.44. The third-order valence-electron chi connectivity index (χ3n) is 30.3. The molecule has 1 saturated carbocycles. The fourth-order valence-electron chi connectivity index (χ4n) is 22.1. The van der Waals surface area contributed by atoms with Gasteiger partial charge in [-0.15, -0.1) is 0 Å². The van der Waals surface area contributed by atoms with Gasteiger partial charge in [0.05, 0.1) is 109 Å². The third kappa shape index (κ3) is 22.2. The number of aliphatic hydroxyl groups excluding tert-OH is 1. The predicted octanol–water partition coefficient (Wildman–Crippen LogP) is 13.8. The molecule has 142 heavy (non-hydrogen) atoms. The zero-order chi connectivity index (χ0) is 94.2. The summed E-state index contributed by atoms with van der Waals surface area (Å²) in [5, 5.41) is 31.3. The standard InChI is InChI=1S/C30H39N7O3S.C25H30N6O2S.C24H29N5O2S.C23H27N5O2S.4CH4/c1-19(25-18-36(3)35-20(25)2)31-29(38)23-6-4-21(5-7-23)22-8-13-37(14-9-22)30-33-26-12-17-41(39)27(26)28(34-30)32-24-10-15-40-16-11-24;1-30-15-18(6-7-21(30)32)27-24-23-20(10-13-34(23)33)28-25(29-24)31-11-8-16(9-12-31)22-19-5-3-2-4-17(19)14-26-22;30-32-14-9-20-22(32)23(26-18-7-12-31-13-8-18)28-24(27-20)29-10-5-16(6-11-29)21-19-4-2-1-3-17(19)15-25-21;29-14-23(8-9-23)27-21-20-18(7-12-31(20)30)25-22(26-21)28-10-5-15(6-11-28)19-17-4-2-1-3-16(17)13-24-19;;;;/h4-7,18-19,22,24H,8-17H2,1-3H3,(H,31,38)(H,32,33,34);2-5,16,18H,6-15H2,1H3,(H,27,28,29);1-4,16,18H,5-15H2,(H,26,27,28);1-4,15,29H,5-14H2,(H,25,26,27);4*1H4/t;18-,34?;;;;;;/m.0....../s1. The Morgan fingerprint density at radius 2 is 0.803 bits per heavy atom. The maximum Gasteiger partial charge on any atom is 0.251 e. The molecule has 6 atom stereocenters. The van der Waals surface area contributed by atoms with E-state index < -0.39 is 43.2 Å². The van der Waals surface area contributed by atoms with Crippen LogP contribution in [0.25, 0.3) is 0 Å². The number of aliphatic hydroxyl groups is 1. The van der Waals surface area contributed by atoms with E-state index in [1.54, 1.807) is 9.58 Å². The van der Waals surface area contributed by atoms with Gasteiger partial charge >= 0.3 is 0 Å². The van der Waals surface area contributed by atoms with E-state index in [1.807, 2.05) is 46.3 Å². The first-order valence-corrected chi connectivity index (χ1v) is 55.2. The summed E-state index contributed by atoms with van der Waals surface area (Å²) in [5.74, 6) is 10.3. The summed E-state index contributed by atoms with van der Waals surface area (Å²) in [4.78, 5) is 92.3. The van der Waals surface area contributed by atoms with E-state index in [-0.39, 0.29) is 71.8 Å². The van der Waals surface area contributed by atoms with E-state index in [0.717, 1.165) is 309 Å². The molecule has 7 saturated heterocycles. The van der Waals surface area contributed by atoms with Gasteiger partial charge < -0.3 is 65.7 Å².